The highest BCUT2D eigenvalue weighted by Gasteiger charge is 2.52. The molecule has 1 amide bonds. The molecule has 33 heavy (non-hydrogen) atoms. The maximum Gasteiger partial charge on any atom is 0.217 e. The molecule has 2 fully saturated rings. The van der Waals surface area contributed by atoms with Crippen molar-refractivity contribution in [2.45, 2.75) is 108 Å². The highest BCUT2D eigenvalue weighted by atomic mass is 16.7. The van der Waals surface area contributed by atoms with Crippen LogP contribution in [0.5, 0.6) is 0 Å². The van der Waals surface area contributed by atoms with Crippen LogP contribution in [0.1, 0.15) is 41.0 Å². The Bertz CT molecular complexity index is 610. The summed E-state index contributed by atoms with van der Waals surface area (Å²) in [7, 11) is 1.49. The minimum atomic E-state index is -1.20. The molecule has 2 rings (SSSR count). The van der Waals surface area contributed by atoms with Crippen molar-refractivity contribution in [2.24, 2.45) is 11.7 Å². The molecule has 0 spiro atoms. The maximum atomic E-state index is 11.8. The molecule has 11 atom stereocenters. The summed E-state index contributed by atoms with van der Waals surface area (Å²) in [4.78, 5) is 11.8. The van der Waals surface area contributed by atoms with Crippen LogP contribution in [0.25, 0.3) is 0 Å². The molecule has 0 aliphatic carbocycles. The molecule has 2 aliphatic rings. The van der Waals surface area contributed by atoms with Crippen LogP contribution in [-0.4, -0.2) is 109 Å². The maximum absolute atomic E-state index is 11.8. The van der Waals surface area contributed by atoms with Crippen molar-refractivity contribution in [3.05, 3.63) is 0 Å². The smallest absolute Gasteiger partial charge is 0.217 e. The number of amides is 1. The van der Waals surface area contributed by atoms with Gasteiger partial charge in [-0.1, -0.05) is 20.8 Å². The van der Waals surface area contributed by atoms with Crippen LogP contribution >= 0.6 is 0 Å². The highest BCUT2D eigenvalue weighted by Crippen LogP contribution is 2.32. The van der Waals surface area contributed by atoms with E-state index in [1.807, 2.05) is 27.7 Å². The summed E-state index contributed by atoms with van der Waals surface area (Å²) in [5.74, 6) is -0.375. The number of aliphatic hydroxyl groups excluding tert-OH is 3. The molecule has 0 radical (unpaired) electrons. The van der Waals surface area contributed by atoms with Crippen molar-refractivity contribution in [1.82, 2.24) is 5.32 Å². The third-order valence-electron chi connectivity index (χ3n) is 6.36. The van der Waals surface area contributed by atoms with Crippen LogP contribution in [0.4, 0.5) is 0 Å². The molecule has 0 aromatic heterocycles. The average molecular weight is 479 g/mol. The van der Waals surface area contributed by atoms with Gasteiger partial charge in [-0.25, -0.2) is 0 Å². The van der Waals surface area contributed by atoms with Gasteiger partial charge in [-0.05, 0) is 19.3 Å². The Labute approximate surface area is 195 Å². The van der Waals surface area contributed by atoms with Crippen molar-refractivity contribution in [2.75, 3.05) is 20.3 Å². The van der Waals surface area contributed by atoms with Crippen molar-refractivity contribution >= 4 is 5.91 Å². The molecule has 11 nitrogen and oxygen atoms in total. The lowest BCUT2D eigenvalue weighted by atomic mass is 9.87. The minimum Gasteiger partial charge on any atom is -0.394 e. The predicted octanol–water partition coefficient (Wildman–Crippen LogP) is -1.10. The van der Waals surface area contributed by atoms with Crippen LogP contribution in [0.2, 0.25) is 0 Å². The van der Waals surface area contributed by atoms with Crippen molar-refractivity contribution in [3.63, 3.8) is 0 Å². The first-order valence-corrected chi connectivity index (χ1v) is 11.7. The number of rotatable bonds is 10. The van der Waals surface area contributed by atoms with Crippen LogP contribution in [0.3, 0.4) is 0 Å². The van der Waals surface area contributed by atoms with Gasteiger partial charge in [-0.3, -0.25) is 4.79 Å². The number of nitrogens with two attached hydrogens (primary N) is 1. The fourth-order valence-corrected chi connectivity index (χ4v) is 4.44. The first-order valence-electron chi connectivity index (χ1n) is 11.7. The monoisotopic (exact) mass is 478 g/mol. The number of aliphatic hydroxyl groups is 3. The molecule has 0 bridgehead atoms. The van der Waals surface area contributed by atoms with Gasteiger partial charge in [0.2, 0.25) is 5.91 Å². The Morgan fingerprint density at radius 3 is 2.18 bits per heavy atom. The van der Waals surface area contributed by atoms with Gasteiger partial charge >= 0.3 is 0 Å². The zero-order valence-electron chi connectivity index (χ0n) is 20.4. The Morgan fingerprint density at radius 1 is 1.09 bits per heavy atom. The summed E-state index contributed by atoms with van der Waals surface area (Å²) in [6, 6.07) is -1.58. The molecule has 11 unspecified atom stereocenters. The first-order chi connectivity index (χ1) is 15.6. The van der Waals surface area contributed by atoms with Gasteiger partial charge in [0, 0.05) is 14.0 Å². The SMILES string of the molecule is CCC(C)OC1C(CO)OC(OC2C(CO)OC(C(C)C)C(NC(C)=O)C2O)C(N)C1OC. The van der Waals surface area contributed by atoms with E-state index in [1.165, 1.54) is 14.0 Å². The second kappa shape index (κ2) is 12.7. The molecule has 194 valence electrons. The Morgan fingerprint density at radius 2 is 1.70 bits per heavy atom. The Balaban J connectivity index is 2.26. The highest BCUT2D eigenvalue weighted by molar-refractivity contribution is 5.73. The van der Waals surface area contributed by atoms with E-state index in [2.05, 4.69) is 5.32 Å². The molecule has 2 heterocycles. The summed E-state index contributed by atoms with van der Waals surface area (Å²) < 4.78 is 29.6. The topological polar surface area (TPSA) is 162 Å². The quantitative estimate of drug-likeness (QED) is 0.260. The van der Waals surface area contributed by atoms with E-state index in [-0.39, 0.29) is 24.5 Å². The second-order valence-corrected chi connectivity index (χ2v) is 9.21. The lowest BCUT2D eigenvalue weighted by Gasteiger charge is -2.49. The van der Waals surface area contributed by atoms with Crippen molar-refractivity contribution in [3.8, 4) is 0 Å². The number of hydrogen-bond acceptors (Lipinski definition) is 10. The third-order valence-corrected chi connectivity index (χ3v) is 6.36. The first kappa shape index (κ1) is 28.3. The van der Waals surface area contributed by atoms with Gasteiger partial charge in [0.15, 0.2) is 6.29 Å². The molecule has 11 heteroatoms. The molecular weight excluding hydrogens is 436 g/mol. The van der Waals surface area contributed by atoms with Crippen molar-refractivity contribution in [1.29, 1.82) is 0 Å². The summed E-state index contributed by atoms with van der Waals surface area (Å²) in [6.45, 7) is 8.25. The average Bonchev–Trinajstić information content (AvgIpc) is 2.77. The van der Waals surface area contributed by atoms with Crippen LogP contribution in [-0.2, 0) is 28.5 Å². The zero-order chi connectivity index (χ0) is 24.9. The van der Waals surface area contributed by atoms with E-state index in [9.17, 15) is 20.1 Å². The van der Waals surface area contributed by atoms with E-state index in [1.54, 1.807) is 0 Å². The van der Waals surface area contributed by atoms with Gasteiger partial charge in [0.05, 0.1) is 37.5 Å². The number of nitrogens with one attached hydrogen (secondary N) is 1. The minimum absolute atomic E-state index is 0.0465. The summed E-state index contributed by atoms with van der Waals surface area (Å²) in [6.07, 6.45) is -6.16. The number of hydrogen-bond donors (Lipinski definition) is 5. The molecule has 0 saturated carbocycles. The van der Waals surface area contributed by atoms with Gasteiger partial charge in [-0.15, -0.1) is 0 Å². The van der Waals surface area contributed by atoms with Gasteiger partial charge in [0.25, 0.3) is 0 Å². The summed E-state index contributed by atoms with van der Waals surface area (Å²) in [5.41, 5.74) is 6.41. The van der Waals surface area contributed by atoms with Gasteiger partial charge < -0.3 is 50.1 Å². The lowest BCUT2D eigenvalue weighted by molar-refractivity contribution is -0.321. The van der Waals surface area contributed by atoms with Crippen LogP contribution in [0.15, 0.2) is 0 Å². The second-order valence-electron chi connectivity index (χ2n) is 9.21. The van der Waals surface area contributed by atoms with E-state index in [4.69, 9.17) is 29.4 Å². The largest absolute Gasteiger partial charge is 0.394 e. The van der Waals surface area contributed by atoms with Gasteiger partial charge in [0.1, 0.15) is 36.6 Å². The number of ether oxygens (including phenoxy) is 5. The lowest BCUT2D eigenvalue weighted by Crippen LogP contribution is -2.69. The Kier molecular flexibility index (Phi) is 10.9. The molecule has 6 N–H and O–H groups in total. The molecule has 2 saturated heterocycles. The van der Waals surface area contributed by atoms with E-state index < -0.39 is 67.7 Å². The van der Waals surface area contributed by atoms with Crippen molar-refractivity contribution < 1.29 is 43.8 Å². The van der Waals surface area contributed by atoms with Gasteiger partial charge in [-0.2, -0.15) is 0 Å². The predicted molar refractivity (Wildman–Crippen MR) is 118 cm³/mol. The third kappa shape index (κ3) is 6.62. The summed E-state index contributed by atoms with van der Waals surface area (Å²) in [5, 5.41) is 33.7. The number of carbonyl (C=O) groups excluding carboxylic acids is 1. The van der Waals surface area contributed by atoms with E-state index >= 15 is 0 Å². The van der Waals surface area contributed by atoms with Crippen LogP contribution < -0.4 is 11.1 Å². The summed E-state index contributed by atoms with van der Waals surface area (Å²) >= 11 is 0. The molecule has 2 aliphatic heterocycles. The van der Waals surface area contributed by atoms with E-state index in [0.717, 1.165) is 6.42 Å². The number of carbonyl (C=O) groups is 1. The van der Waals surface area contributed by atoms with E-state index in [0.29, 0.717) is 0 Å². The Hall–Kier alpha value is -0.890. The zero-order valence-corrected chi connectivity index (χ0v) is 20.4. The fraction of sp³-hybridized carbons (Fsp3) is 0.955. The standard InChI is InChI=1S/C22H42N2O9/c1-7-11(4)30-20-14(9-26)32-22(15(23)21(20)29-6)33-19-13(8-25)31-18(10(2)3)16(17(19)28)24-12(5)27/h10-11,13-22,25-26,28H,7-9,23H2,1-6H3,(H,24,27). The molecule has 0 aromatic carbocycles. The normalized spacial score (nSPS) is 40.6. The molecular formula is C22H42N2O9. The van der Waals surface area contributed by atoms with Crippen LogP contribution in [0, 0.1) is 5.92 Å². The number of methoxy groups -OCH3 is 1. The molecule has 0 aromatic rings. The fourth-order valence-electron chi connectivity index (χ4n) is 4.44.